The van der Waals surface area contributed by atoms with E-state index in [0.29, 0.717) is 5.56 Å². The first-order valence-corrected chi connectivity index (χ1v) is 9.25. The van der Waals surface area contributed by atoms with Crippen molar-refractivity contribution < 1.29 is 29.4 Å². The van der Waals surface area contributed by atoms with Crippen molar-refractivity contribution in [2.24, 2.45) is 5.73 Å². The number of phenols is 1. The van der Waals surface area contributed by atoms with Crippen LogP contribution in [0.25, 0.3) is 0 Å². The van der Waals surface area contributed by atoms with Gasteiger partial charge in [0.25, 0.3) is 5.91 Å². The minimum atomic E-state index is -1.92. The van der Waals surface area contributed by atoms with Crippen molar-refractivity contribution in [2.45, 2.75) is 41.7 Å². The molecule has 0 bridgehead atoms. The summed E-state index contributed by atoms with van der Waals surface area (Å²) < 4.78 is -1.04. The average Bonchev–Trinajstić information content (AvgIpc) is 2.85. The van der Waals surface area contributed by atoms with Gasteiger partial charge in [-0.2, -0.15) is 0 Å². The van der Waals surface area contributed by atoms with E-state index in [1.807, 2.05) is 0 Å². The number of β-lactam (4-membered cyclic amide) rings is 1. The average molecular weight is 408 g/mol. The molecule has 0 radical (unpaired) electrons. The number of nitrogens with one attached hydrogen (secondary N) is 2. The molecule has 0 saturated carbocycles. The van der Waals surface area contributed by atoms with Crippen molar-refractivity contribution in [1.82, 2.24) is 15.5 Å². The predicted molar refractivity (Wildman–Crippen MR) is 98.8 cm³/mol. The summed E-state index contributed by atoms with van der Waals surface area (Å²) in [7, 11) is 0. The maximum Gasteiger partial charge on any atom is 0.352 e. The smallest absolute Gasteiger partial charge is 0.352 e. The van der Waals surface area contributed by atoms with Gasteiger partial charge in [0.2, 0.25) is 18.0 Å². The molecule has 2 saturated heterocycles. The Bertz CT molecular complexity index is 845. The van der Waals surface area contributed by atoms with Gasteiger partial charge < -0.3 is 26.6 Å². The van der Waals surface area contributed by atoms with Gasteiger partial charge in [0, 0.05) is 0 Å². The number of hydrogen-bond donors (Lipinski definition) is 5. The molecule has 3 amide bonds. The number of thioether (sulfide) groups is 1. The lowest BCUT2D eigenvalue weighted by molar-refractivity contribution is -0.175. The zero-order chi connectivity index (χ0) is 20.9. The van der Waals surface area contributed by atoms with Crippen LogP contribution in [-0.2, 0) is 19.2 Å². The molecule has 1 aromatic carbocycles. The van der Waals surface area contributed by atoms with Crippen LogP contribution in [0.15, 0.2) is 24.3 Å². The van der Waals surface area contributed by atoms with Gasteiger partial charge in [0.1, 0.15) is 23.2 Å². The molecular formula is C17H20N4O6S. The summed E-state index contributed by atoms with van der Waals surface area (Å²) in [6.07, 6.45) is 0.249. The Morgan fingerprint density at radius 2 is 1.93 bits per heavy atom. The SMILES string of the molecule is CC1(C)S[C@@H]2[C@@H](NC(=O)C(N)c3ccc(O)cc3)C(=O)N2[C@@]1(NC=O)C(=O)O. The molecule has 2 fully saturated rings. The highest BCUT2D eigenvalue weighted by Gasteiger charge is 2.73. The van der Waals surface area contributed by atoms with Crippen molar-refractivity contribution in [1.29, 1.82) is 0 Å². The monoisotopic (exact) mass is 408 g/mol. The van der Waals surface area contributed by atoms with Crippen LogP contribution in [0.1, 0.15) is 25.5 Å². The van der Waals surface area contributed by atoms with Crippen molar-refractivity contribution in [2.75, 3.05) is 0 Å². The van der Waals surface area contributed by atoms with E-state index < -0.39 is 45.7 Å². The standard InChI is InChI=1S/C17H20N4O6S/c1-16(2)17(15(26)27,19-7-22)21-13(25)11(14(21)28-16)20-12(24)10(18)8-3-5-9(23)6-4-8/h3-7,10-11,14,23H,18H2,1-2H3,(H,19,22)(H,20,24)(H,26,27)/t10?,11-,14+,17-/m0/s1. The third-order valence-electron chi connectivity index (χ3n) is 5.10. The molecule has 1 unspecified atom stereocenters. The minimum Gasteiger partial charge on any atom is -0.508 e. The Balaban J connectivity index is 1.79. The van der Waals surface area contributed by atoms with E-state index in [2.05, 4.69) is 10.6 Å². The van der Waals surface area contributed by atoms with Crippen molar-refractivity contribution >= 4 is 36.0 Å². The van der Waals surface area contributed by atoms with Crippen LogP contribution >= 0.6 is 11.8 Å². The molecule has 150 valence electrons. The van der Waals surface area contributed by atoms with Crippen LogP contribution in [0.5, 0.6) is 5.75 Å². The molecular weight excluding hydrogens is 388 g/mol. The molecule has 2 heterocycles. The van der Waals surface area contributed by atoms with Gasteiger partial charge in [0.05, 0.1) is 4.75 Å². The van der Waals surface area contributed by atoms with Gasteiger partial charge in [-0.15, -0.1) is 11.8 Å². The molecule has 2 aliphatic rings. The first-order chi connectivity index (χ1) is 13.1. The number of carbonyl (C=O) groups is 4. The Morgan fingerprint density at radius 3 is 2.46 bits per heavy atom. The summed E-state index contributed by atoms with van der Waals surface area (Å²) in [6, 6.07) is 3.73. The summed E-state index contributed by atoms with van der Waals surface area (Å²) >= 11 is 1.17. The quantitative estimate of drug-likeness (QED) is 0.299. The fraction of sp³-hybridized carbons (Fsp3) is 0.412. The number of nitrogens with two attached hydrogens (primary N) is 1. The van der Waals surface area contributed by atoms with Crippen LogP contribution in [0.2, 0.25) is 0 Å². The van der Waals surface area contributed by atoms with Crippen LogP contribution in [-0.4, -0.2) is 61.1 Å². The van der Waals surface area contributed by atoms with Crippen LogP contribution < -0.4 is 16.4 Å². The number of aromatic hydroxyl groups is 1. The Kier molecular flexibility index (Phi) is 4.76. The lowest BCUT2D eigenvalue weighted by Crippen LogP contribution is -2.79. The van der Waals surface area contributed by atoms with E-state index in [4.69, 9.17) is 5.73 Å². The largest absolute Gasteiger partial charge is 0.508 e. The number of benzene rings is 1. The van der Waals surface area contributed by atoms with E-state index >= 15 is 0 Å². The molecule has 28 heavy (non-hydrogen) atoms. The molecule has 0 spiro atoms. The van der Waals surface area contributed by atoms with Crippen molar-refractivity contribution in [3.63, 3.8) is 0 Å². The van der Waals surface area contributed by atoms with E-state index in [9.17, 15) is 29.4 Å². The number of aliphatic carboxylic acids is 1. The molecule has 6 N–H and O–H groups in total. The second-order valence-corrected chi connectivity index (χ2v) is 8.80. The topological polar surface area (TPSA) is 162 Å². The van der Waals surface area contributed by atoms with Crippen LogP contribution in [0, 0.1) is 0 Å². The zero-order valence-electron chi connectivity index (χ0n) is 15.1. The van der Waals surface area contributed by atoms with Gasteiger partial charge in [-0.3, -0.25) is 19.3 Å². The third-order valence-corrected chi connectivity index (χ3v) is 6.71. The number of fused-ring (bicyclic) bond motifs is 1. The highest BCUT2D eigenvalue weighted by atomic mass is 32.2. The number of carboxylic acid groups (broad SMARTS) is 1. The Labute approximate surface area is 164 Å². The number of carboxylic acids is 1. The highest BCUT2D eigenvalue weighted by molar-refractivity contribution is 8.01. The van der Waals surface area contributed by atoms with E-state index in [1.54, 1.807) is 13.8 Å². The summed E-state index contributed by atoms with van der Waals surface area (Å²) in [5, 5.41) is 23.2. The molecule has 4 atom stereocenters. The van der Waals surface area contributed by atoms with E-state index in [-0.39, 0.29) is 12.2 Å². The van der Waals surface area contributed by atoms with E-state index in [0.717, 1.165) is 4.90 Å². The second kappa shape index (κ2) is 6.67. The molecule has 11 heteroatoms. The normalized spacial score (nSPS) is 28.7. The second-order valence-electron chi connectivity index (χ2n) is 7.06. The first kappa shape index (κ1) is 20.0. The number of phenolic OH excluding ortho intramolecular Hbond substituents is 1. The molecule has 1 aromatic rings. The molecule has 0 aromatic heterocycles. The number of carbonyl (C=O) groups excluding carboxylic acids is 3. The fourth-order valence-corrected chi connectivity index (χ4v) is 5.29. The lowest BCUT2D eigenvalue weighted by Gasteiger charge is -2.49. The zero-order valence-corrected chi connectivity index (χ0v) is 15.9. The van der Waals surface area contributed by atoms with Crippen LogP contribution in [0.4, 0.5) is 0 Å². The number of hydrogen-bond acceptors (Lipinski definition) is 7. The number of nitrogens with zero attached hydrogens (tertiary/aromatic N) is 1. The summed E-state index contributed by atoms with van der Waals surface area (Å²) in [4.78, 5) is 49.2. The first-order valence-electron chi connectivity index (χ1n) is 8.37. The summed E-state index contributed by atoms with van der Waals surface area (Å²) in [5.74, 6) is -2.57. The minimum absolute atomic E-state index is 0.0263. The van der Waals surface area contributed by atoms with Crippen LogP contribution in [0.3, 0.4) is 0 Å². The highest BCUT2D eigenvalue weighted by Crippen LogP contribution is 2.55. The molecule has 0 aliphatic carbocycles. The van der Waals surface area contributed by atoms with Gasteiger partial charge in [0.15, 0.2) is 0 Å². The summed E-state index contributed by atoms with van der Waals surface area (Å²) in [5.41, 5.74) is 4.45. The predicted octanol–water partition coefficient (Wildman–Crippen LogP) is -0.903. The van der Waals surface area contributed by atoms with E-state index in [1.165, 1.54) is 36.0 Å². The maximum atomic E-state index is 12.7. The molecule has 3 rings (SSSR count). The van der Waals surface area contributed by atoms with Gasteiger partial charge in [-0.25, -0.2) is 4.79 Å². The number of rotatable bonds is 6. The fourth-order valence-electron chi connectivity index (χ4n) is 3.58. The molecule has 10 nitrogen and oxygen atoms in total. The van der Waals surface area contributed by atoms with Gasteiger partial charge in [-0.1, -0.05) is 12.1 Å². The van der Waals surface area contributed by atoms with Gasteiger partial charge >= 0.3 is 5.97 Å². The Hall–Kier alpha value is -2.79. The lowest BCUT2D eigenvalue weighted by atomic mass is 9.88. The van der Waals surface area contributed by atoms with Crippen molar-refractivity contribution in [3.8, 4) is 5.75 Å². The maximum absolute atomic E-state index is 12.7. The third kappa shape index (κ3) is 2.69. The number of amides is 3. The van der Waals surface area contributed by atoms with Crippen molar-refractivity contribution in [3.05, 3.63) is 29.8 Å². The molecule has 2 aliphatic heterocycles. The summed E-state index contributed by atoms with van der Waals surface area (Å²) in [6.45, 7) is 3.21. The van der Waals surface area contributed by atoms with Gasteiger partial charge in [-0.05, 0) is 31.5 Å². The Morgan fingerprint density at radius 1 is 1.32 bits per heavy atom.